The van der Waals surface area contributed by atoms with Gasteiger partial charge in [-0.2, -0.15) is 15.0 Å². The molecule has 8 heteroatoms. The molecule has 1 aromatic heterocycles. The Balaban J connectivity index is 2.16. The fourth-order valence-electron chi connectivity index (χ4n) is 2.13. The third-order valence-corrected chi connectivity index (χ3v) is 3.11. The van der Waals surface area contributed by atoms with E-state index in [1.54, 1.807) is 0 Å². The number of anilines is 5. The van der Waals surface area contributed by atoms with Gasteiger partial charge in [-0.1, -0.05) is 36.4 Å². The molecule has 1 heterocycles. The molecule has 0 fully saturated rings. The highest BCUT2D eigenvalue weighted by Crippen LogP contribution is 2.32. The number of para-hydroxylation sites is 2. The molecule has 0 amide bonds. The largest absolute Gasteiger partial charge is 0.292 e. The van der Waals surface area contributed by atoms with E-state index in [2.05, 4.69) is 25.8 Å². The molecule has 0 spiro atoms. The smallest absolute Gasteiger partial charge is 0.243 e. The first-order valence-corrected chi connectivity index (χ1v) is 6.91. The number of aromatic nitrogens is 3. The van der Waals surface area contributed by atoms with Crippen molar-refractivity contribution in [2.24, 2.45) is 11.7 Å². The Morgan fingerprint density at radius 1 is 0.652 bits per heavy atom. The van der Waals surface area contributed by atoms with Crippen LogP contribution in [0.3, 0.4) is 0 Å². The summed E-state index contributed by atoms with van der Waals surface area (Å²) < 4.78 is 0. The summed E-state index contributed by atoms with van der Waals surface area (Å²) in [4.78, 5) is 14.5. The number of hydrogen-bond donors (Lipinski definition) is 4. The monoisotopic (exact) mass is 308 g/mol. The van der Waals surface area contributed by atoms with E-state index in [0.717, 1.165) is 11.4 Å². The third-order valence-electron chi connectivity index (χ3n) is 3.11. The van der Waals surface area contributed by atoms with Crippen molar-refractivity contribution in [2.45, 2.75) is 0 Å². The number of nitrogens with two attached hydrogens (primary N) is 2. The standard InChI is InChI=1S/C15H16N8/c16-21-13-18-14(22-17)20-15(19-13)23(11-7-3-1-4-8-11)12-9-5-2-6-10-12/h1-10H,16-17H2,(H2,18,19,20,21,22). The van der Waals surface area contributed by atoms with Crippen LogP contribution in [0.4, 0.5) is 29.2 Å². The Hall–Kier alpha value is -3.23. The van der Waals surface area contributed by atoms with Crippen LogP contribution < -0.4 is 27.4 Å². The SMILES string of the molecule is NNc1nc(NN)nc(N(c2ccccc2)c2ccccc2)n1. The highest BCUT2D eigenvalue weighted by Gasteiger charge is 2.17. The molecule has 0 bridgehead atoms. The lowest BCUT2D eigenvalue weighted by Gasteiger charge is -2.23. The molecule has 0 saturated heterocycles. The van der Waals surface area contributed by atoms with Crippen molar-refractivity contribution in [2.75, 3.05) is 15.8 Å². The third kappa shape index (κ3) is 3.18. The average molecular weight is 308 g/mol. The number of nitrogen functional groups attached to an aromatic ring is 2. The van der Waals surface area contributed by atoms with E-state index < -0.39 is 0 Å². The van der Waals surface area contributed by atoms with Crippen LogP contribution in [0.1, 0.15) is 0 Å². The molecule has 0 aliphatic rings. The van der Waals surface area contributed by atoms with E-state index in [9.17, 15) is 0 Å². The molecule has 0 saturated carbocycles. The molecule has 23 heavy (non-hydrogen) atoms. The number of nitrogens with one attached hydrogen (secondary N) is 2. The molecule has 0 aliphatic carbocycles. The number of nitrogens with zero attached hydrogens (tertiary/aromatic N) is 4. The first kappa shape index (κ1) is 14.7. The molecule has 3 aromatic rings. The number of benzene rings is 2. The highest BCUT2D eigenvalue weighted by atomic mass is 15.4. The van der Waals surface area contributed by atoms with Gasteiger partial charge < -0.3 is 0 Å². The van der Waals surface area contributed by atoms with Gasteiger partial charge in [-0.25, -0.2) is 11.7 Å². The molecule has 8 nitrogen and oxygen atoms in total. The fraction of sp³-hybridized carbons (Fsp3) is 0. The van der Waals surface area contributed by atoms with Crippen molar-refractivity contribution in [3.8, 4) is 0 Å². The Morgan fingerprint density at radius 2 is 1.09 bits per heavy atom. The summed E-state index contributed by atoms with van der Waals surface area (Å²) in [5.74, 6) is 11.7. The summed E-state index contributed by atoms with van der Waals surface area (Å²) in [6.07, 6.45) is 0. The minimum Gasteiger partial charge on any atom is -0.292 e. The van der Waals surface area contributed by atoms with Crippen molar-refractivity contribution in [1.82, 2.24) is 15.0 Å². The fourth-order valence-corrected chi connectivity index (χ4v) is 2.13. The maximum atomic E-state index is 5.43. The lowest BCUT2D eigenvalue weighted by Crippen LogP contribution is -2.20. The van der Waals surface area contributed by atoms with E-state index in [0.29, 0.717) is 5.95 Å². The van der Waals surface area contributed by atoms with Gasteiger partial charge >= 0.3 is 0 Å². The average Bonchev–Trinajstić information content (AvgIpc) is 2.63. The minimum absolute atomic E-state index is 0.208. The van der Waals surface area contributed by atoms with Gasteiger partial charge in [0.2, 0.25) is 17.8 Å². The van der Waals surface area contributed by atoms with E-state index in [1.165, 1.54) is 0 Å². The Bertz CT molecular complexity index is 701. The number of hydrogen-bond acceptors (Lipinski definition) is 8. The molecule has 0 aliphatic heterocycles. The molecule has 0 radical (unpaired) electrons. The number of rotatable bonds is 5. The van der Waals surface area contributed by atoms with Crippen molar-refractivity contribution >= 4 is 29.2 Å². The van der Waals surface area contributed by atoms with Gasteiger partial charge in [0.05, 0.1) is 0 Å². The van der Waals surface area contributed by atoms with Crippen molar-refractivity contribution < 1.29 is 0 Å². The summed E-state index contributed by atoms with van der Waals surface area (Å²) in [6, 6.07) is 19.5. The molecule has 3 rings (SSSR count). The van der Waals surface area contributed by atoms with Crippen LogP contribution in [0.5, 0.6) is 0 Å². The van der Waals surface area contributed by atoms with Crippen LogP contribution in [-0.4, -0.2) is 15.0 Å². The van der Waals surface area contributed by atoms with Crippen LogP contribution >= 0.6 is 0 Å². The predicted molar refractivity (Wildman–Crippen MR) is 90.1 cm³/mol. The minimum atomic E-state index is 0.208. The Kier molecular flexibility index (Phi) is 4.27. The zero-order valence-electron chi connectivity index (χ0n) is 12.2. The quantitative estimate of drug-likeness (QED) is 0.417. The summed E-state index contributed by atoms with van der Waals surface area (Å²) in [6.45, 7) is 0. The van der Waals surface area contributed by atoms with Gasteiger partial charge in [-0.15, -0.1) is 0 Å². The van der Waals surface area contributed by atoms with Gasteiger partial charge in [0.25, 0.3) is 0 Å². The molecule has 0 unspecified atom stereocenters. The maximum absolute atomic E-state index is 5.43. The van der Waals surface area contributed by atoms with Crippen LogP contribution in [0.15, 0.2) is 60.7 Å². The van der Waals surface area contributed by atoms with Crippen LogP contribution in [0.2, 0.25) is 0 Å². The lowest BCUT2D eigenvalue weighted by atomic mass is 10.2. The maximum Gasteiger partial charge on any atom is 0.243 e. The van der Waals surface area contributed by atoms with Crippen molar-refractivity contribution in [3.63, 3.8) is 0 Å². The van der Waals surface area contributed by atoms with E-state index in [4.69, 9.17) is 11.7 Å². The van der Waals surface area contributed by atoms with Crippen LogP contribution in [0.25, 0.3) is 0 Å². The zero-order chi connectivity index (χ0) is 16.1. The Morgan fingerprint density at radius 3 is 1.48 bits per heavy atom. The summed E-state index contributed by atoms with van der Waals surface area (Å²) >= 11 is 0. The van der Waals surface area contributed by atoms with Gasteiger partial charge in [0, 0.05) is 11.4 Å². The molecule has 0 atom stereocenters. The van der Waals surface area contributed by atoms with E-state index in [1.807, 2.05) is 65.6 Å². The summed E-state index contributed by atoms with van der Waals surface area (Å²) in [5.41, 5.74) is 6.63. The zero-order valence-corrected chi connectivity index (χ0v) is 12.2. The Labute approximate surface area is 133 Å². The van der Waals surface area contributed by atoms with E-state index in [-0.39, 0.29) is 11.9 Å². The summed E-state index contributed by atoms with van der Waals surface area (Å²) in [7, 11) is 0. The molecule has 2 aromatic carbocycles. The first-order valence-electron chi connectivity index (χ1n) is 6.91. The summed E-state index contributed by atoms with van der Waals surface area (Å²) in [5, 5.41) is 0. The lowest BCUT2D eigenvalue weighted by molar-refractivity contribution is 0.990. The topological polar surface area (TPSA) is 118 Å². The van der Waals surface area contributed by atoms with Gasteiger partial charge in [0.15, 0.2) is 0 Å². The highest BCUT2D eigenvalue weighted by molar-refractivity contribution is 5.73. The van der Waals surface area contributed by atoms with Crippen molar-refractivity contribution in [1.29, 1.82) is 0 Å². The van der Waals surface area contributed by atoms with Gasteiger partial charge in [0.1, 0.15) is 0 Å². The molecule has 116 valence electrons. The molecule has 6 N–H and O–H groups in total. The molecular formula is C15H16N8. The number of hydrazine groups is 2. The van der Waals surface area contributed by atoms with Gasteiger partial charge in [-0.05, 0) is 24.3 Å². The second-order valence-electron chi connectivity index (χ2n) is 4.58. The normalized spacial score (nSPS) is 10.2. The second-order valence-corrected chi connectivity index (χ2v) is 4.58. The van der Waals surface area contributed by atoms with Crippen LogP contribution in [-0.2, 0) is 0 Å². The van der Waals surface area contributed by atoms with Crippen molar-refractivity contribution in [3.05, 3.63) is 60.7 Å². The van der Waals surface area contributed by atoms with Gasteiger partial charge in [-0.3, -0.25) is 15.8 Å². The van der Waals surface area contributed by atoms with E-state index >= 15 is 0 Å². The second kappa shape index (κ2) is 6.69. The molecular weight excluding hydrogens is 292 g/mol. The predicted octanol–water partition coefficient (Wildman–Crippen LogP) is 1.91. The van der Waals surface area contributed by atoms with Crippen LogP contribution in [0, 0.1) is 0 Å². The first-order chi connectivity index (χ1) is 11.3.